The van der Waals surface area contributed by atoms with Crippen LogP contribution < -0.4 is 0 Å². The number of aliphatic hydroxyl groups is 7. The maximum atomic E-state index is 12.5. The molecule has 15 heteroatoms. The van der Waals surface area contributed by atoms with E-state index >= 15 is 0 Å². The highest BCUT2D eigenvalue weighted by molar-refractivity contribution is 5.70. The van der Waals surface area contributed by atoms with E-state index in [1.165, 1.54) is 0 Å². The first-order chi connectivity index (χ1) is 22.0. The Morgan fingerprint density at radius 3 is 1.93 bits per heavy atom. The van der Waals surface area contributed by atoms with Crippen molar-refractivity contribution >= 4 is 11.9 Å². The molecule has 0 aromatic carbocycles. The molecule has 2 aliphatic rings. The Morgan fingerprint density at radius 1 is 0.696 bits per heavy atom. The summed E-state index contributed by atoms with van der Waals surface area (Å²) in [7, 11) is 0. The van der Waals surface area contributed by atoms with Crippen LogP contribution >= 0.6 is 0 Å². The lowest BCUT2D eigenvalue weighted by Gasteiger charge is -2.42. The Labute approximate surface area is 270 Å². The molecule has 11 atom stereocenters. The SMILES string of the molecule is CCC/C=C\CCCCCCCC(=O)OC(COC(=O)CC)COC1OC(COC2OC(CO)C(O)C(O)C2O)C(O)C(O)C1O. The van der Waals surface area contributed by atoms with E-state index in [1.807, 2.05) is 0 Å². The summed E-state index contributed by atoms with van der Waals surface area (Å²) in [5.74, 6) is -1.04. The lowest BCUT2D eigenvalue weighted by atomic mass is 9.98. The van der Waals surface area contributed by atoms with Crippen LogP contribution in [-0.4, -0.2) is 142 Å². The summed E-state index contributed by atoms with van der Waals surface area (Å²) in [6.07, 6.45) is -4.30. The van der Waals surface area contributed by atoms with Crippen LogP contribution in [0, 0.1) is 0 Å². The number of hydrogen-bond acceptors (Lipinski definition) is 15. The third kappa shape index (κ3) is 13.4. The second-order valence-electron chi connectivity index (χ2n) is 11.6. The molecule has 0 radical (unpaired) electrons. The van der Waals surface area contributed by atoms with Crippen LogP contribution in [0.25, 0.3) is 0 Å². The monoisotopic (exact) mass is 666 g/mol. The van der Waals surface area contributed by atoms with Gasteiger partial charge in [0.15, 0.2) is 18.7 Å². The minimum Gasteiger partial charge on any atom is -0.462 e. The second-order valence-corrected chi connectivity index (χ2v) is 11.6. The molecule has 0 aromatic rings. The van der Waals surface area contributed by atoms with E-state index in [9.17, 15) is 45.3 Å². The fraction of sp³-hybridized carbons (Fsp3) is 0.871. The Kier molecular flexibility index (Phi) is 19.3. The molecule has 0 amide bonds. The van der Waals surface area contributed by atoms with Gasteiger partial charge >= 0.3 is 11.9 Å². The summed E-state index contributed by atoms with van der Waals surface area (Å²) in [5, 5.41) is 70.8. The molecule has 268 valence electrons. The van der Waals surface area contributed by atoms with Crippen LogP contribution in [0.5, 0.6) is 0 Å². The van der Waals surface area contributed by atoms with E-state index in [4.69, 9.17) is 28.4 Å². The van der Waals surface area contributed by atoms with Crippen LogP contribution in [0.4, 0.5) is 0 Å². The molecule has 2 heterocycles. The van der Waals surface area contributed by atoms with Crippen molar-refractivity contribution in [1.82, 2.24) is 0 Å². The number of carbonyl (C=O) groups is 2. The van der Waals surface area contributed by atoms with E-state index in [0.29, 0.717) is 6.42 Å². The molecule has 0 bridgehead atoms. The van der Waals surface area contributed by atoms with Gasteiger partial charge in [-0.2, -0.15) is 0 Å². The van der Waals surface area contributed by atoms with E-state index in [-0.39, 0.29) is 26.1 Å². The zero-order valence-electron chi connectivity index (χ0n) is 26.8. The predicted molar refractivity (Wildman–Crippen MR) is 160 cm³/mol. The third-order valence-electron chi connectivity index (χ3n) is 7.78. The molecule has 46 heavy (non-hydrogen) atoms. The fourth-order valence-electron chi connectivity index (χ4n) is 4.90. The van der Waals surface area contributed by atoms with Gasteiger partial charge in [0.1, 0.15) is 55.4 Å². The first-order valence-electron chi connectivity index (χ1n) is 16.3. The quantitative estimate of drug-likeness (QED) is 0.0469. The molecule has 15 nitrogen and oxygen atoms in total. The number of esters is 2. The van der Waals surface area contributed by atoms with Crippen molar-refractivity contribution in [3.63, 3.8) is 0 Å². The molecule has 0 aromatic heterocycles. The molecule has 2 aliphatic heterocycles. The van der Waals surface area contributed by atoms with E-state index < -0.39 is 92.7 Å². The van der Waals surface area contributed by atoms with Crippen molar-refractivity contribution in [2.45, 2.75) is 146 Å². The summed E-state index contributed by atoms with van der Waals surface area (Å²) in [6.45, 7) is 1.83. The summed E-state index contributed by atoms with van der Waals surface area (Å²) in [5.41, 5.74) is 0. The van der Waals surface area contributed by atoms with E-state index in [2.05, 4.69) is 19.1 Å². The molecule has 0 spiro atoms. The summed E-state index contributed by atoms with van der Waals surface area (Å²) >= 11 is 0. The smallest absolute Gasteiger partial charge is 0.306 e. The molecule has 2 saturated heterocycles. The summed E-state index contributed by atoms with van der Waals surface area (Å²) in [4.78, 5) is 24.3. The number of hydrogen-bond donors (Lipinski definition) is 7. The number of rotatable bonds is 21. The van der Waals surface area contributed by atoms with Crippen molar-refractivity contribution in [2.24, 2.45) is 0 Å². The summed E-state index contributed by atoms with van der Waals surface area (Å²) < 4.78 is 32.5. The molecular weight excluding hydrogens is 612 g/mol. The third-order valence-corrected chi connectivity index (χ3v) is 7.78. The lowest BCUT2D eigenvalue weighted by molar-refractivity contribution is -0.332. The molecule has 2 fully saturated rings. The van der Waals surface area contributed by atoms with Gasteiger partial charge in [-0.1, -0.05) is 51.7 Å². The van der Waals surface area contributed by atoms with Crippen molar-refractivity contribution in [3.8, 4) is 0 Å². The number of allylic oxidation sites excluding steroid dienone is 2. The van der Waals surface area contributed by atoms with Gasteiger partial charge in [-0.05, 0) is 25.7 Å². The maximum Gasteiger partial charge on any atom is 0.306 e. The van der Waals surface area contributed by atoms with Gasteiger partial charge in [0.2, 0.25) is 0 Å². The van der Waals surface area contributed by atoms with Crippen LogP contribution in [0.3, 0.4) is 0 Å². The lowest BCUT2D eigenvalue weighted by Crippen LogP contribution is -2.61. The van der Waals surface area contributed by atoms with E-state index in [0.717, 1.165) is 44.9 Å². The first kappa shape index (κ1) is 40.4. The number of unbranched alkanes of at least 4 members (excludes halogenated alkanes) is 6. The largest absolute Gasteiger partial charge is 0.462 e. The number of ether oxygens (including phenoxy) is 6. The van der Waals surface area contributed by atoms with Crippen molar-refractivity contribution < 1.29 is 73.8 Å². The Bertz CT molecular complexity index is 886. The van der Waals surface area contributed by atoms with Crippen molar-refractivity contribution in [1.29, 1.82) is 0 Å². The van der Waals surface area contributed by atoms with Gasteiger partial charge in [0, 0.05) is 12.8 Å². The highest BCUT2D eigenvalue weighted by atomic mass is 16.7. The van der Waals surface area contributed by atoms with Crippen LogP contribution in [0.1, 0.15) is 78.1 Å². The van der Waals surface area contributed by atoms with Gasteiger partial charge in [0.05, 0.1) is 19.8 Å². The molecule has 2 rings (SSSR count). The average Bonchev–Trinajstić information content (AvgIpc) is 3.05. The topological polar surface area (TPSA) is 231 Å². The highest BCUT2D eigenvalue weighted by Gasteiger charge is 2.47. The van der Waals surface area contributed by atoms with Crippen LogP contribution in [0.2, 0.25) is 0 Å². The maximum absolute atomic E-state index is 12.5. The zero-order valence-corrected chi connectivity index (χ0v) is 26.8. The van der Waals surface area contributed by atoms with Gasteiger partial charge in [0.25, 0.3) is 0 Å². The molecule has 0 aliphatic carbocycles. The molecular formula is C31H54O15. The number of aliphatic hydroxyl groups excluding tert-OH is 7. The normalized spacial score (nSPS) is 32.4. The average molecular weight is 667 g/mol. The van der Waals surface area contributed by atoms with Gasteiger partial charge in [-0.3, -0.25) is 9.59 Å². The van der Waals surface area contributed by atoms with Crippen LogP contribution in [-0.2, 0) is 38.0 Å². The summed E-state index contributed by atoms with van der Waals surface area (Å²) in [6, 6.07) is 0. The van der Waals surface area contributed by atoms with Crippen molar-refractivity contribution in [3.05, 3.63) is 12.2 Å². The van der Waals surface area contributed by atoms with Crippen molar-refractivity contribution in [2.75, 3.05) is 26.4 Å². The van der Waals surface area contributed by atoms with Gasteiger partial charge < -0.3 is 64.2 Å². The fourth-order valence-corrected chi connectivity index (χ4v) is 4.90. The van der Waals surface area contributed by atoms with Gasteiger partial charge in [-0.15, -0.1) is 0 Å². The zero-order chi connectivity index (χ0) is 34.1. The second kappa shape index (κ2) is 22.0. The van der Waals surface area contributed by atoms with E-state index in [1.54, 1.807) is 6.92 Å². The minimum atomic E-state index is -1.76. The molecule has 11 unspecified atom stereocenters. The molecule has 7 N–H and O–H groups in total. The minimum absolute atomic E-state index is 0.0978. The Morgan fingerprint density at radius 2 is 1.28 bits per heavy atom. The first-order valence-corrected chi connectivity index (χ1v) is 16.3. The Balaban J connectivity index is 1.87. The van der Waals surface area contributed by atoms with Gasteiger partial charge in [-0.25, -0.2) is 0 Å². The standard InChI is InChI=1S/C31H54O15/c1-3-5-6-7-8-9-10-11-12-13-14-23(34)44-19(16-41-22(33)4-2)17-42-30-29(40)27(38)25(36)21(46-30)18-43-31-28(39)26(37)24(35)20(15-32)45-31/h6-7,19-21,24-32,35-40H,3-5,8-18H2,1-2H3/b7-6-. The van der Waals surface area contributed by atoms with Crippen LogP contribution in [0.15, 0.2) is 12.2 Å². The highest BCUT2D eigenvalue weighted by Crippen LogP contribution is 2.26. The number of carbonyl (C=O) groups excluding carboxylic acids is 2. The Hall–Kier alpha value is -1.76. The molecule has 0 saturated carbocycles. The predicted octanol–water partition coefficient (Wildman–Crippen LogP) is -0.421.